The maximum Gasteiger partial charge on any atom is 0.161 e. The third-order valence-electron chi connectivity index (χ3n) is 6.44. The van der Waals surface area contributed by atoms with E-state index in [9.17, 15) is 15.3 Å². The van der Waals surface area contributed by atoms with E-state index in [4.69, 9.17) is 11.6 Å². The molecule has 2 N–H and O–H groups in total. The molecule has 0 fully saturated rings. The van der Waals surface area contributed by atoms with E-state index < -0.39 is 5.92 Å². The van der Waals surface area contributed by atoms with Crippen LogP contribution < -0.4 is 4.90 Å². The van der Waals surface area contributed by atoms with Crippen LogP contribution in [0, 0.1) is 12.3 Å². The van der Waals surface area contributed by atoms with E-state index in [-0.39, 0.29) is 17.4 Å². The van der Waals surface area contributed by atoms with Gasteiger partial charge in [0.1, 0.15) is 11.6 Å². The molecule has 1 aromatic heterocycles. The number of rotatable bonds is 3. The van der Waals surface area contributed by atoms with Crippen molar-refractivity contribution >= 4 is 34.7 Å². The molecule has 5 nitrogen and oxygen atoms in total. The topological polar surface area (TPSA) is 77.3 Å². The van der Waals surface area contributed by atoms with E-state index in [1.165, 1.54) is 0 Å². The van der Waals surface area contributed by atoms with Gasteiger partial charge in [-0.05, 0) is 55.7 Å². The number of nitrogens with one attached hydrogen (secondary N) is 1. The molecule has 2 aliphatic rings. The lowest BCUT2D eigenvalue weighted by Gasteiger charge is -2.41. The van der Waals surface area contributed by atoms with Gasteiger partial charge in [0.2, 0.25) is 0 Å². The van der Waals surface area contributed by atoms with Gasteiger partial charge in [-0.25, -0.2) is 0 Å². The van der Waals surface area contributed by atoms with Crippen LogP contribution in [0.15, 0.2) is 89.9 Å². The fraction of sp³-hybridized carbons (Fsp3) is 0.179. The summed E-state index contributed by atoms with van der Waals surface area (Å²) in [5, 5.41) is 21.4. The highest BCUT2D eigenvalue weighted by molar-refractivity contribution is 6.30. The number of hydrogen-bond acceptors (Lipinski definition) is 4. The van der Waals surface area contributed by atoms with Crippen LogP contribution in [0.1, 0.15) is 41.9 Å². The first-order valence-electron chi connectivity index (χ1n) is 11.3. The fourth-order valence-corrected chi connectivity index (χ4v) is 4.94. The number of aromatic nitrogens is 1. The number of aliphatic hydroxyl groups is 1. The van der Waals surface area contributed by atoms with Gasteiger partial charge in [0.15, 0.2) is 5.78 Å². The monoisotopic (exact) mass is 469 g/mol. The first-order chi connectivity index (χ1) is 16.5. The molecule has 0 amide bonds. The number of amidine groups is 1. The second kappa shape index (κ2) is 8.92. The third-order valence-corrected chi connectivity index (χ3v) is 6.69. The minimum Gasteiger partial charge on any atom is -0.507 e. The van der Waals surface area contributed by atoms with Gasteiger partial charge in [0.25, 0.3) is 0 Å². The number of carbonyl (C=O) groups is 1. The molecule has 2 aromatic carbocycles. The Morgan fingerprint density at radius 3 is 2.50 bits per heavy atom. The van der Waals surface area contributed by atoms with Crippen LogP contribution in [0.2, 0.25) is 5.02 Å². The van der Waals surface area contributed by atoms with Gasteiger partial charge >= 0.3 is 0 Å². The van der Waals surface area contributed by atoms with Crippen LogP contribution in [0.4, 0.5) is 5.69 Å². The van der Waals surface area contributed by atoms with Gasteiger partial charge in [-0.1, -0.05) is 47.5 Å². The van der Waals surface area contributed by atoms with Gasteiger partial charge in [0.05, 0.1) is 0 Å². The van der Waals surface area contributed by atoms with Gasteiger partial charge in [-0.3, -0.25) is 20.1 Å². The summed E-state index contributed by atoms with van der Waals surface area (Å²) in [7, 11) is 0. The number of benzene rings is 2. The Morgan fingerprint density at radius 2 is 1.82 bits per heavy atom. The van der Waals surface area contributed by atoms with Crippen molar-refractivity contribution in [3.63, 3.8) is 0 Å². The summed E-state index contributed by atoms with van der Waals surface area (Å²) < 4.78 is 0. The molecule has 0 saturated heterocycles. The zero-order chi connectivity index (χ0) is 23.8. The van der Waals surface area contributed by atoms with Crippen molar-refractivity contribution in [1.29, 1.82) is 5.41 Å². The number of allylic oxidation sites excluding steroid dienone is 2. The Bertz CT molecular complexity index is 1330. The standard InChI is InChI=1S/C28H24ClN3O2/c1-17-7-9-18(10-8-17)27(34)26-24(19-4-3-15-31-16-19)25-22(5-2-6-23(25)33)32(28(26)30)21-13-11-20(29)12-14-21/h3-4,7-16,24,30,34H,2,5-6H2,1H3/b27-26+,30-28?. The summed E-state index contributed by atoms with van der Waals surface area (Å²) in [5.41, 5.74) is 4.99. The lowest BCUT2D eigenvalue weighted by atomic mass is 9.73. The van der Waals surface area contributed by atoms with E-state index in [1.807, 2.05) is 55.5 Å². The molecule has 1 atom stereocenters. The SMILES string of the molecule is Cc1ccc(/C(O)=C2\C(=N)N(c3ccc(Cl)cc3)C3=C(C(=O)CCC3)C2c2cccnc2)cc1. The molecule has 1 aliphatic heterocycles. The molecule has 6 heteroatoms. The molecule has 5 rings (SSSR count). The normalized spacial score (nSPS) is 19.8. The quantitative estimate of drug-likeness (QED) is 0.423. The fourth-order valence-electron chi connectivity index (χ4n) is 4.81. The molecule has 0 saturated carbocycles. The number of pyridine rings is 1. The Balaban J connectivity index is 1.81. The summed E-state index contributed by atoms with van der Waals surface area (Å²) in [4.78, 5) is 19.5. The van der Waals surface area contributed by atoms with Crippen LogP contribution in [-0.4, -0.2) is 21.7 Å². The molecule has 0 bridgehead atoms. The smallest absolute Gasteiger partial charge is 0.161 e. The number of carbonyl (C=O) groups excluding carboxylic acids is 1. The summed E-state index contributed by atoms with van der Waals surface area (Å²) >= 11 is 6.13. The van der Waals surface area contributed by atoms with Gasteiger partial charge < -0.3 is 5.11 Å². The van der Waals surface area contributed by atoms with Crippen molar-refractivity contribution in [2.45, 2.75) is 32.1 Å². The summed E-state index contributed by atoms with van der Waals surface area (Å²) in [6.45, 7) is 1.98. The average Bonchev–Trinajstić information content (AvgIpc) is 2.85. The van der Waals surface area contributed by atoms with Crippen molar-refractivity contribution in [2.75, 3.05) is 4.90 Å². The van der Waals surface area contributed by atoms with Crippen molar-refractivity contribution in [1.82, 2.24) is 4.98 Å². The summed E-state index contributed by atoms with van der Waals surface area (Å²) in [6, 6.07) is 18.5. The van der Waals surface area contributed by atoms with Gasteiger partial charge in [-0.2, -0.15) is 0 Å². The highest BCUT2D eigenvalue weighted by Gasteiger charge is 2.43. The minimum absolute atomic E-state index is 0.0114. The Hall–Kier alpha value is -3.70. The maximum absolute atomic E-state index is 13.4. The molecule has 34 heavy (non-hydrogen) atoms. The number of Topliss-reactive ketones (excluding diaryl/α,β-unsaturated/α-hetero) is 1. The molecular formula is C28H24ClN3O2. The highest BCUT2D eigenvalue weighted by atomic mass is 35.5. The molecule has 0 radical (unpaired) electrons. The third kappa shape index (κ3) is 3.82. The van der Waals surface area contributed by atoms with E-state index in [2.05, 4.69) is 4.98 Å². The molecular weight excluding hydrogens is 446 g/mol. The van der Waals surface area contributed by atoms with Crippen LogP contribution in [0.25, 0.3) is 5.76 Å². The summed E-state index contributed by atoms with van der Waals surface area (Å²) in [6.07, 6.45) is 5.22. The Labute approximate surface area is 203 Å². The number of ketones is 1. The Morgan fingerprint density at radius 1 is 1.09 bits per heavy atom. The van der Waals surface area contributed by atoms with E-state index in [0.29, 0.717) is 34.6 Å². The van der Waals surface area contributed by atoms with Crippen molar-refractivity contribution in [3.05, 3.63) is 112 Å². The number of anilines is 1. The molecule has 170 valence electrons. The van der Waals surface area contributed by atoms with Crippen LogP contribution in [0.5, 0.6) is 0 Å². The molecule has 1 unspecified atom stereocenters. The first kappa shape index (κ1) is 22.1. The highest BCUT2D eigenvalue weighted by Crippen LogP contribution is 2.47. The second-order valence-corrected chi connectivity index (χ2v) is 9.08. The first-order valence-corrected chi connectivity index (χ1v) is 11.6. The zero-order valence-corrected chi connectivity index (χ0v) is 19.5. The van der Waals surface area contributed by atoms with Gasteiger partial charge in [0, 0.05) is 57.8 Å². The predicted molar refractivity (Wildman–Crippen MR) is 135 cm³/mol. The predicted octanol–water partition coefficient (Wildman–Crippen LogP) is 6.60. The van der Waals surface area contributed by atoms with E-state index >= 15 is 0 Å². The van der Waals surface area contributed by atoms with Crippen LogP contribution in [0.3, 0.4) is 0 Å². The second-order valence-electron chi connectivity index (χ2n) is 8.65. The number of hydrogen-bond donors (Lipinski definition) is 2. The molecule has 2 heterocycles. The number of halogens is 1. The minimum atomic E-state index is -0.575. The van der Waals surface area contributed by atoms with Gasteiger partial charge in [-0.15, -0.1) is 0 Å². The number of aryl methyl sites for hydroxylation is 1. The average molecular weight is 470 g/mol. The lowest BCUT2D eigenvalue weighted by molar-refractivity contribution is -0.116. The van der Waals surface area contributed by atoms with E-state index in [1.54, 1.807) is 29.4 Å². The largest absolute Gasteiger partial charge is 0.507 e. The lowest BCUT2D eigenvalue weighted by Crippen LogP contribution is -2.42. The maximum atomic E-state index is 13.4. The Kier molecular flexibility index (Phi) is 5.80. The molecule has 0 spiro atoms. The number of aliphatic hydroxyl groups excluding tert-OH is 1. The molecule has 1 aliphatic carbocycles. The number of nitrogens with zero attached hydrogens (tertiary/aromatic N) is 2. The van der Waals surface area contributed by atoms with E-state index in [0.717, 1.165) is 28.9 Å². The summed E-state index contributed by atoms with van der Waals surface area (Å²) in [5.74, 6) is -0.407. The zero-order valence-electron chi connectivity index (χ0n) is 18.8. The van der Waals surface area contributed by atoms with Crippen molar-refractivity contribution < 1.29 is 9.90 Å². The van der Waals surface area contributed by atoms with Crippen molar-refractivity contribution in [3.8, 4) is 0 Å². The van der Waals surface area contributed by atoms with Crippen LogP contribution >= 0.6 is 11.6 Å². The molecule has 3 aromatic rings. The van der Waals surface area contributed by atoms with Crippen LogP contribution in [-0.2, 0) is 4.79 Å². The van der Waals surface area contributed by atoms with Crippen molar-refractivity contribution in [2.24, 2.45) is 0 Å².